The number of nitrogens with one attached hydrogen (secondary N) is 1. The maximum Gasteiger partial charge on any atom is 0.323 e. The number of carbonyl (C=O) groups is 1. The number of aromatic nitrogens is 1. The van der Waals surface area contributed by atoms with Crippen LogP contribution in [0.3, 0.4) is 0 Å². The predicted molar refractivity (Wildman–Crippen MR) is 74.3 cm³/mol. The number of pyridine rings is 1. The Bertz CT molecular complexity index is 413. The molecule has 0 amide bonds. The minimum Gasteiger partial charge on any atom is -0.480 e. The Morgan fingerprint density at radius 1 is 1.67 bits per heavy atom. The Morgan fingerprint density at radius 2 is 2.33 bits per heavy atom. The highest BCUT2D eigenvalue weighted by Gasteiger charge is 2.33. The third-order valence-corrected chi connectivity index (χ3v) is 4.02. The fourth-order valence-electron chi connectivity index (χ4n) is 1.55. The van der Waals surface area contributed by atoms with E-state index in [0.29, 0.717) is 11.4 Å². The third-order valence-electron chi connectivity index (χ3n) is 2.74. The van der Waals surface area contributed by atoms with Crippen molar-refractivity contribution in [2.24, 2.45) is 0 Å². The number of rotatable bonds is 6. The SMILES string of the molecule is CNC(C)(CC(C)Sc1ccc(Cl)cn1)C(=O)O. The molecule has 0 saturated carbocycles. The van der Waals surface area contributed by atoms with Gasteiger partial charge in [0.25, 0.3) is 0 Å². The van der Waals surface area contributed by atoms with E-state index in [1.54, 1.807) is 26.2 Å². The van der Waals surface area contributed by atoms with Crippen LogP contribution in [0.15, 0.2) is 23.4 Å². The highest BCUT2D eigenvalue weighted by atomic mass is 35.5. The second-order valence-electron chi connectivity index (χ2n) is 4.33. The van der Waals surface area contributed by atoms with Crippen molar-refractivity contribution in [2.75, 3.05) is 7.05 Å². The predicted octanol–water partition coefficient (Wildman–Crippen LogP) is 2.67. The van der Waals surface area contributed by atoms with Crippen LogP contribution in [0, 0.1) is 0 Å². The largest absolute Gasteiger partial charge is 0.480 e. The summed E-state index contributed by atoms with van der Waals surface area (Å²) in [6, 6.07) is 3.61. The van der Waals surface area contributed by atoms with Gasteiger partial charge in [-0.15, -0.1) is 11.8 Å². The van der Waals surface area contributed by atoms with Gasteiger partial charge in [0, 0.05) is 11.4 Å². The summed E-state index contributed by atoms with van der Waals surface area (Å²) in [6.07, 6.45) is 2.10. The van der Waals surface area contributed by atoms with E-state index in [9.17, 15) is 9.90 Å². The lowest BCUT2D eigenvalue weighted by Gasteiger charge is -2.27. The third kappa shape index (κ3) is 4.15. The van der Waals surface area contributed by atoms with E-state index >= 15 is 0 Å². The lowest BCUT2D eigenvalue weighted by molar-refractivity contribution is -0.144. The van der Waals surface area contributed by atoms with Crippen LogP contribution in [0.2, 0.25) is 5.02 Å². The van der Waals surface area contributed by atoms with E-state index in [4.69, 9.17) is 11.6 Å². The molecular formula is C12H17ClN2O2S. The van der Waals surface area contributed by atoms with Gasteiger partial charge in [-0.05, 0) is 32.5 Å². The van der Waals surface area contributed by atoms with Gasteiger partial charge in [0.15, 0.2) is 0 Å². The Kier molecular flexibility index (Phi) is 5.44. The quantitative estimate of drug-likeness (QED) is 0.788. The molecule has 6 heteroatoms. The number of carboxylic acid groups (broad SMARTS) is 1. The van der Waals surface area contributed by atoms with Crippen molar-refractivity contribution in [3.63, 3.8) is 0 Å². The number of likely N-dealkylation sites (N-methyl/N-ethyl adjacent to an activating group) is 1. The standard InChI is InChI=1S/C12H17ClN2O2S/c1-8(6-12(2,14-3)11(16)17)18-10-5-4-9(13)7-15-10/h4-5,7-8,14H,6H2,1-3H3,(H,16,17). The first-order valence-corrected chi connectivity index (χ1v) is 6.83. The molecule has 2 atom stereocenters. The zero-order valence-electron chi connectivity index (χ0n) is 10.6. The van der Waals surface area contributed by atoms with Crippen molar-refractivity contribution in [1.29, 1.82) is 0 Å². The van der Waals surface area contributed by atoms with Gasteiger partial charge >= 0.3 is 5.97 Å². The number of thioether (sulfide) groups is 1. The average Bonchev–Trinajstić information content (AvgIpc) is 2.31. The molecule has 0 aromatic carbocycles. The first-order chi connectivity index (χ1) is 8.37. The number of nitrogens with zero attached hydrogens (tertiary/aromatic N) is 1. The lowest BCUT2D eigenvalue weighted by atomic mass is 9.96. The monoisotopic (exact) mass is 288 g/mol. The van der Waals surface area contributed by atoms with Crippen LogP contribution in [0.4, 0.5) is 0 Å². The Hall–Kier alpha value is -0.780. The molecule has 1 aromatic heterocycles. The van der Waals surface area contributed by atoms with E-state index in [2.05, 4.69) is 10.3 Å². The molecule has 0 aliphatic heterocycles. The normalized spacial score (nSPS) is 16.0. The number of halogens is 1. The van der Waals surface area contributed by atoms with Gasteiger partial charge < -0.3 is 10.4 Å². The highest BCUT2D eigenvalue weighted by molar-refractivity contribution is 7.99. The minimum atomic E-state index is -0.918. The van der Waals surface area contributed by atoms with E-state index in [1.165, 1.54) is 11.8 Å². The van der Waals surface area contributed by atoms with Gasteiger partial charge in [-0.25, -0.2) is 4.98 Å². The fourth-order valence-corrected chi connectivity index (χ4v) is 2.75. The fraction of sp³-hybridized carbons (Fsp3) is 0.500. The van der Waals surface area contributed by atoms with Crippen molar-refractivity contribution in [3.05, 3.63) is 23.4 Å². The van der Waals surface area contributed by atoms with Crippen LogP contribution in [0.5, 0.6) is 0 Å². The molecule has 0 aliphatic rings. The second-order valence-corrected chi connectivity index (χ2v) is 6.23. The summed E-state index contributed by atoms with van der Waals surface area (Å²) in [5.41, 5.74) is -0.918. The van der Waals surface area contributed by atoms with Crippen molar-refractivity contribution < 1.29 is 9.90 Å². The smallest absolute Gasteiger partial charge is 0.323 e. The molecule has 1 heterocycles. The summed E-state index contributed by atoms with van der Waals surface area (Å²) in [7, 11) is 1.66. The molecule has 0 saturated heterocycles. The molecular weight excluding hydrogens is 272 g/mol. The van der Waals surface area contributed by atoms with Crippen molar-refractivity contribution >= 4 is 29.3 Å². The minimum absolute atomic E-state index is 0.132. The summed E-state index contributed by atoms with van der Waals surface area (Å²) < 4.78 is 0. The van der Waals surface area contributed by atoms with Crippen molar-refractivity contribution in [1.82, 2.24) is 10.3 Å². The molecule has 1 rings (SSSR count). The van der Waals surface area contributed by atoms with Gasteiger partial charge in [-0.1, -0.05) is 18.5 Å². The number of aliphatic carboxylic acids is 1. The zero-order valence-corrected chi connectivity index (χ0v) is 12.2. The average molecular weight is 289 g/mol. The molecule has 0 spiro atoms. The van der Waals surface area contributed by atoms with Crippen LogP contribution >= 0.6 is 23.4 Å². The summed E-state index contributed by atoms with van der Waals surface area (Å²) in [5.74, 6) is -0.846. The summed E-state index contributed by atoms with van der Waals surface area (Å²) >= 11 is 7.30. The molecule has 0 aliphatic carbocycles. The van der Waals surface area contributed by atoms with Gasteiger partial charge in [-0.3, -0.25) is 4.79 Å². The summed E-state index contributed by atoms with van der Waals surface area (Å²) in [6.45, 7) is 3.67. The molecule has 100 valence electrons. The van der Waals surface area contributed by atoms with Crippen LogP contribution in [-0.4, -0.2) is 33.9 Å². The summed E-state index contributed by atoms with van der Waals surface area (Å²) in [4.78, 5) is 15.4. The van der Waals surface area contributed by atoms with E-state index in [1.807, 2.05) is 13.0 Å². The highest BCUT2D eigenvalue weighted by Crippen LogP contribution is 2.28. The molecule has 2 N–H and O–H groups in total. The second kappa shape index (κ2) is 6.41. The molecule has 2 unspecified atom stereocenters. The number of hydrogen-bond donors (Lipinski definition) is 2. The first-order valence-electron chi connectivity index (χ1n) is 5.58. The van der Waals surface area contributed by atoms with Crippen molar-refractivity contribution in [2.45, 2.75) is 36.1 Å². The first kappa shape index (κ1) is 15.3. The van der Waals surface area contributed by atoms with Crippen LogP contribution in [-0.2, 0) is 4.79 Å². The zero-order chi connectivity index (χ0) is 13.8. The van der Waals surface area contributed by atoms with Gasteiger partial charge in [-0.2, -0.15) is 0 Å². The molecule has 18 heavy (non-hydrogen) atoms. The maximum atomic E-state index is 11.2. The summed E-state index contributed by atoms with van der Waals surface area (Å²) in [5, 5.41) is 13.6. The van der Waals surface area contributed by atoms with Crippen LogP contribution in [0.25, 0.3) is 0 Å². The topological polar surface area (TPSA) is 62.2 Å². The van der Waals surface area contributed by atoms with E-state index < -0.39 is 11.5 Å². The molecule has 0 fully saturated rings. The van der Waals surface area contributed by atoms with Gasteiger partial charge in [0.05, 0.1) is 10.0 Å². The van der Waals surface area contributed by atoms with E-state index in [-0.39, 0.29) is 5.25 Å². The Labute approximate surface area is 116 Å². The molecule has 4 nitrogen and oxygen atoms in total. The van der Waals surface area contributed by atoms with Crippen molar-refractivity contribution in [3.8, 4) is 0 Å². The molecule has 0 radical (unpaired) electrons. The number of hydrogen-bond acceptors (Lipinski definition) is 4. The number of carboxylic acids is 1. The van der Waals surface area contributed by atoms with Gasteiger partial charge in [0.2, 0.25) is 0 Å². The van der Waals surface area contributed by atoms with E-state index in [0.717, 1.165) is 5.03 Å². The Morgan fingerprint density at radius 3 is 2.78 bits per heavy atom. The molecule has 1 aromatic rings. The van der Waals surface area contributed by atoms with Crippen LogP contribution in [0.1, 0.15) is 20.3 Å². The maximum absolute atomic E-state index is 11.2. The van der Waals surface area contributed by atoms with Gasteiger partial charge in [0.1, 0.15) is 5.54 Å². The lowest BCUT2D eigenvalue weighted by Crippen LogP contribution is -2.49. The Balaban J connectivity index is 2.63. The molecule has 0 bridgehead atoms. The van der Waals surface area contributed by atoms with Crippen LogP contribution < -0.4 is 5.32 Å².